The summed E-state index contributed by atoms with van der Waals surface area (Å²) in [6, 6.07) is 2.49. The monoisotopic (exact) mass is 488 g/mol. The second-order valence-corrected chi connectivity index (χ2v) is 10.2. The molecule has 1 fully saturated rings. The molecule has 0 aliphatic heterocycles. The number of nitrogens with one attached hydrogen (secondary N) is 3. The van der Waals surface area contributed by atoms with Crippen molar-refractivity contribution in [2.75, 3.05) is 36.7 Å². The van der Waals surface area contributed by atoms with Gasteiger partial charge in [0.25, 0.3) is 0 Å². The van der Waals surface area contributed by atoms with Gasteiger partial charge in [-0.15, -0.1) is 11.3 Å². The van der Waals surface area contributed by atoms with Gasteiger partial charge in [0.2, 0.25) is 5.95 Å². The number of ether oxygens (including phenoxy) is 1. The van der Waals surface area contributed by atoms with Crippen molar-refractivity contribution < 1.29 is 9.53 Å². The molecule has 0 amide bonds. The first-order valence-electron chi connectivity index (χ1n) is 11.5. The number of thiocarbonyl (C=S) groups is 1. The van der Waals surface area contributed by atoms with Crippen LogP contribution in [-0.4, -0.2) is 54.3 Å². The first-order chi connectivity index (χ1) is 15.9. The van der Waals surface area contributed by atoms with Gasteiger partial charge in [-0.05, 0) is 75.0 Å². The third kappa shape index (κ3) is 5.73. The zero-order valence-electron chi connectivity index (χ0n) is 19.4. The van der Waals surface area contributed by atoms with Gasteiger partial charge in [-0.3, -0.25) is 0 Å². The van der Waals surface area contributed by atoms with E-state index in [-0.39, 0.29) is 5.97 Å². The Morgan fingerprint density at radius 3 is 2.61 bits per heavy atom. The number of nitrogens with zero attached hydrogens (tertiary/aromatic N) is 3. The minimum Gasteiger partial charge on any atom is -0.465 e. The standard InChI is InChI=1S/C23H32N6O2S2/c1-29(2)20-16-6-4-5-7-17(16)26-22(28-20)24-14-8-10-15(11-9-14)25-23(32)27-18-12-13-33-19(18)21(30)31-3/h12-15H,4-11H2,1-3H3,(H,24,26,28)(H2,25,27,32). The summed E-state index contributed by atoms with van der Waals surface area (Å²) < 4.78 is 4.83. The fourth-order valence-corrected chi connectivity index (χ4v) is 5.62. The molecular formula is C23H32N6O2S2. The molecule has 2 heterocycles. The largest absolute Gasteiger partial charge is 0.465 e. The molecule has 8 nitrogen and oxygen atoms in total. The van der Waals surface area contributed by atoms with Gasteiger partial charge >= 0.3 is 5.97 Å². The lowest BCUT2D eigenvalue weighted by Crippen LogP contribution is -2.42. The third-order valence-corrected chi connectivity index (χ3v) is 7.38. The van der Waals surface area contributed by atoms with Gasteiger partial charge in [0.15, 0.2) is 5.11 Å². The van der Waals surface area contributed by atoms with Gasteiger partial charge in [0, 0.05) is 31.7 Å². The Balaban J connectivity index is 1.30. The molecule has 0 atom stereocenters. The molecule has 4 rings (SSSR count). The molecule has 178 valence electrons. The van der Waals surface area contributed by atoms with E-state index in [0.717, 1.165) is 50.3 Å². The van der Waals surface area contributed by atoms with E-state index in [0.29, 0.717) is 27.8 Å². The van der Waals surface area contributed by atoms with Crippen LogP contribution in [0.2, 0.25) is 0 Å². The van der Waals surface area contributed by atoms with Crippen LogP contribution in [0.3, 0.4) is 0 Å². The van der Waals surface area contributed by atoms with E-state index in [1.165, 1.54) is 42.5 Å². The molecule has 2 aromatic rings. The van der Waals surface area contributed by atoms with E-state index in [9.17, 15) is 4.79 Å². The topological polar surface area (TPSA) is 91.4 Å². The fraction of sp³-hybridized carbons (Fsp3) is 0.565. The molecule has 2 aliphatic rings. The molecule has 0 spiro atoms. The number of esters is 1. The van der Waals surface area contributed by atoms with Crippen LogP contribution in [-0.2, 0) is 17.6 Å². The van der Waals surface area contributed by atoms with Gasteiger partial charge in [-0.2, -0.15) is 4.98 Å². The van der Waals surface area contributed by atoms with E-state index in [1.54, 1.807) is 0 Å². The molecule has 10 heteroatoms. The Labute approximate surface area is 204 Å². The minimum atomic E-state index is -0.358. The Kier molecular flexibility index (Phi) is 7.64. The maximum Gasteiger partial charge on any atom is 0.350 e. The van der Waals surface area contributed by atoms with Crippen molar-refractivity contribution in [3.8, 4) is 0 Å². The van der Waals surface area contributed by atoms with Crippen LogP contribution in [0.1, 0.15) is 59.5 Å². The summed E-state index contributed by atoms with van der Waals surface area (Å²) in [5, 5.41) is 12.5. The van der Waals surface area contributed by atoms with Crippen LogP contribution in [0.25, 0.3) is 0 Å². The fourth-order valence-electron chi connectivity index (χ4n) is 4.58. The zero-order valence-corrected chi connectivity index (χ0v) is 21.1. The van der Waals surface area contributed by atoms with Gasteiger partial charge in [0.05, 0.1) is 18.5 Å². The Bertz CT molecular complexity index is 1000. The molecule has 0 bridgehead atoms. The van der Waals surface area contributed by atoms with Gasteiger partial charge in [-0.1, -0.05) is 0 Å². The molecular weight excluding hydrogens is 456 g/mol. The molecule has 0 aromatic carbocycles. The van der Waals surface area contributed by atoms with Crippen LogP contribution in [0, 0.1) is 0 Å². The van der Waals surface area contributed by atoms with Crippen LogP contribution in [0.5, 0.6) is 0 Å². The number of aryl methyl sites for hydroxylation is 1. The quantitative estimate of drug-likeness (QED) is 0.412. The minimum absolute atomic E-state index is 0.296. The second-order valence-electron chi connectivity index (χ2n) is 8.84. The number of carbonyl (C=O) groups is 1. The van der Waals surface area contributed by atoms with Crippen LogP contribution < -0.4 is 20.9 Å². The van der Waals surface area contributed by atoms with Crippen molar-refractivity contribution in [3.05, 3.63) is 27.6 Å². The molecule has 0 saturated heterocycles. The first kappa shape index (κ1) is 23.7. The van der Waals surface area contributed by atoms with E-state index in [2.05, 4.69) is 34.9 Å². The lowest BCUT2D eigenvalue weighted by molar-refractivity contribution is 0.0607. The Morgan fingerprint density at radius 2 is 1.88 bits per heavy atom. The number of rotatable bonds is 6. The van der Waals surface area contributed by atoms with Gasteiger partial charge < -0.3 is 25.6 Å². The summed E-state index contributed by atoms with van der Waals surface area (Å²) in [6.45, 7) is 0. The molecule has 1 saturated carbocycles. The number of aromatic nitrogens is 2. The van der Waals surface area contributed by atoms with Gasteiger partial charge in [0.1, 0.15) is 10.7 Å². The summed E-state index contributed by atoms with van der Waals surface area (Å²) in [5.41, 5.74) is 3.20. The predicted molar refractivity (Wildman–Crippen MR) is 138 cm³/mol. The predicted octanol–water partition coefficient (Wildman–Crippen LogP) is 3.98. The van der Waals surface area contributed by atoms with Crippen LogP contribution in [0.15, 0.2) is 11.4 Å². The van der Waals surface area contributed by atoms with E-state index >= 15 is 0 Å². The average Bonchev–Trinajstić information content (AvgIpc) is 3.27. The zero-order chi connectivity index (χ0) is 23.4. The average molecular weight is 489 g/mol. The normalized spacial score (nSPS) is 19.8. The van der Waals surface area contributed by atoms with Crippen molar-refractivity contribution in [1.29, 1.82) is 0 Å². The number of thiophene rings is 1. The number of anilines is 3. The van der Waals surface area contributed by atoms with Crippen LogP contribution >= 0.6 is 23.6 Å². The SMILES string of the molecule is COC(=O)c1sccc1NC(=S)NC1CCC(Nc2nc3c(c(N(C)C)n2)CCCC3)CC1. The lowest BCUT2D eigenvalue weighted by Gasteiger charge is -2.31. The third-order valence-electron chi connectivity index (χ3n) is 6.26. The van der Waals surface area contributed by atoms with E-state index in [4.69, 9.17) is 26.9 Å². The van der Waals surface area contributed by atoms with Crippen molar-refractivity contribution in [1.82, 2.24) is 15.3 Å². The lowest BCUT2D eigenvalue weighted by atomic mass is 9.91. The van der Waals surface area contributed by atoms with Crippen molar-refractivity contribution in [3.63, 3.8) is 0 Å². The number of hydrogen-bond donors (Lipinski definition) is 3. The van der Waals surface area contributed by atoms with Gasteiger partial charge in [-0.25, -0.2) is 9.78 Å². The molecule has 2 aromatic heterocycles. The van der Waals surface area contributed by atoms with E-state index in [1.807, 2.05) is 11.4 Å². The number of carbonyl (C=O) groups excluding carboxylic acids is 1. The first-order valence-corrected chi connectivity index (χ1v) is 12.8. The van der Waals surface area contributed by atoms with Crippen LogP contribution in [0.4, 0.5) is 17.5 Å². The van der Waals surface area contributed by atoms with Crippen molar-refractivity contribution in [2.24, 2.45) is 0 Å². The highest BCUT2D eigenvalue weighted by atomic mass is 32.1. The number of fused-ring (bicyclic) bond motifs is 1. The summed E-state index contributed by atoms with van der Waals surface area (Å²) in [5.74, 6) is 1.44. The molecule has 3 N–H and O–H groups in total. The maximum atomic E-state index is 11.9. The summed E-state index contributed by atoms with van der Waals surface area (Å²) in [6.07, 6.45) is 8.56. The maximum absolute atomic E-state index is 11.9. The highest BCUT2D eigenvalue weighted by molar-refractivity contribution is 7.80. The Hall–Kier alpha value is -2.46. The summed E-state index contributed by atoms with van der Waals surface area (Å²) in [7, 11) is 5.49. The van der Waals surface area contributed by atoms with Crippen molar-refractivity contribution >= 4 is 52.1 Å². The summed E-state index contributed by atoms with van der Waals surface area (Å²) in [4.78, 5) is 24.2. The second kappa shape index (κ2) is 10.6. The summed E-state index contributed by atoms with van der Waals surface area (Å²) >= 11 is 6.82. The molecule has 0 radical (unpaired) electrons. The molecule has 33 heavy (non-hydrogen) atoms. The number of methoxy groups -OCH3 is 1. The molecule has 2 aliphatic carbocycles. The Morgan fingerprint density at radius 1 is 1.15 bits per heavy atom. The highest BCUT2D eigenvalue weighted by Crippen LogP contribution is 2.29. The van der Waals surface area contributed by atoms with Crippen molar-refractivity contribution in [2.45, 2.75) is 63.5 Å². The smallest absolute Gasteiger partial charge is 0.350 e. The molecule has 0 unspecified atom stereocenters. The highest BCUT2D eigenvalue weighted by Gasteiger charge is 2.25. The number of hydrogen-bond acceptors (Lipinski definition) is 8. The van der Waals surface area contributed by atoms with E-state index < -0.39 is 0 Å².